The van der Waals surface area contributed by atoms with Crippen molar-refractivity contribution >= 4 is 33.4 Å². The lowest BCUT2D eigenvalue weighted by Gasteiger charge is -2.04. The number of nitrogens with zero attached hydrogens (tertiary/aromatic N) is 5. The van der Waals surface area contributed by atoms with Crippen LogP contribution in [0.3, 0.4) is 0 Å². The predicted molar refractivity (Wildman–Crippen MR) is 103 cm³/mol. The fourth-order valence-electron chi connectivity index (χ4n) is 2.92. The Hall–Kier alpha value is -3.13. The van der Waals surface area contributed by atoms with E-state index in [9.17, 15) is 4.79 Å². The van der Waals surface area contributed by atoms with E-state index in [1.807, 2.05) is 35.0 Å². The van der Waals surface area contributed by atoms with Crippen molar-refractivity contribution in [2.45, 2.75) is 25.3 Å². The van der Waals surface area contributed by atoms with Crippen molar-refractivity contribution < 1.29 is 4.79 Å². The lowest BCUT2D eigenvalue weighted by atomic mass is 10.2. The Balaban J connectivity index is 1.35. The second kappa shape index (κ2) is 6.55. The molecule has 1 N–H and O–H groups in total. The molecule has 0 saturated heterocycles. The van der Waals surface area contributed by atoms with Crippen molar-refractivity contribution in [1.82, 2.24) is 25.0 Å². The average Bonchev–Trinajstić information content (AvgIpc) is 3.32. The van der Waals surface area contributed by atoms with Crippen molar-refractivity contribution in [3.05, 3.63) is 64.9 Å². The summed E-state index contributed by atoms with van der Waals surface area (Å²) in [6.07, 6.45) is 5.63. The first-order chi connectivity index (χ1) is 13.3. The van der Waals surface area contributed by atoms with Crippen molar-refractivity contribution in [1.29, 1.82) is 0 Å². The number of carbonyl (C=O) groups is 1. The third-order valence-corrected chi connectivity index (χ3v) is 5.50. The molecule has 1 amide bonds. The molecule has 4 aromatic rings. The number of pyridine rings is 1. The summed E-state index contributed by atoms with van der Waals surface area (Å²) < 4.78 is 1.83. The van der Waals surface area contributed by atoms with Gasteiger partial charge in [0.25, 0.3) is 5.91 Å². The number of hydrogen-bond donors (Lipinski definition) is 1. The predicted octanol–water partition coefficient (Wildman–Crippen LogP) is 3.46. The lowest BCUT2D eigenvalue weighted by Crippen LogP contribution is -2.12. The second-order valence-electron chi connectivity index (χ2n) is 6.60. The summed E-state index contributed by atoms with van der Waals surface area (Å²) in [7, 11) is 0. The largest absolute Gasteiger partial charge is 0.296 e. The Morgan fingerprint density at radius 1 is 1.19 bits per heavy atom. The van der Waals surface area contributed by atoms with Crippen molar-refractivity contribution in [3.8, 4) is 0 Å². The van der Waals surface area contributed by atoms with E-state index < -0.39 is 0 Å². The van der Waals surface area contributed by atoms with Crippen LogP contribution in [0.4, 0.5) is 5.13 Å². The fourth-order valence-corrected chi connectivity index (χ4v) is 3.83. The zero-order valence-electron chi connectivity index (χ0n) is 14.4. The number of hydrogen-bond acceptors (Lipinski definition) is 6. The number of anilines is 1. The van der Waals surface area contributed by atoms with Gasteiger partial charge in [0.2, 0.25) is 5.13 Å². The van der Waals surface area contributed by atoms with Gasteiger partial charge in [-0.2, -0.15) is 5.10 Å². The van der Waals surface area contributed by atoms with Crippen LogP contribution in [0.25, 0.3) is 11.0 Å². The van der Waals surface area contributed by atoms with Crippen LogP contribution in [0.1, 0.15) is 39.7 Å². The van der Waals surface area contributed by atoms with Gasteiger partial charge in [-0.25, -0.2) is 9.67 Å². The molecule has 0 unspecified atom stereocenters. The van der Waals surface area contributed by atoms with Crippen LogP contribution >= 0.6 is 11.3 Å². The summed E-state index contributed by atoms with van der Waals surface area (Å²) >= 11 is 1.44. The average molecular weight is 376 g/mol. The molecule has 1 aliphatic rings. The van der Waals surface area contributed by atoms with Crippen LogP contribution < -0.4 is 5.32 Å². The van der Waals surface area contributed by atoms with Gasteiger partial charge in [0, 0.05) is 17.5 Å². The Bertz CT molecular complexity index is 1120. The molecule has 8 heteroatoms. The molecule has 1 saturated carbocycles. The Labute approximate surface area is 159 Å². The molecule has 5 rings (SSSR count). The van der Waals surface area contributed by atoms with Crippen LogP contribution in [0.5, 0.6) is 0 Å². The first kappa shape index (κ1) is 16.1. The van der Waals surface area contributed by atoms with Gasteiger partial charge in [0.05, 0.1) is 18.3 Å². The molecule has 0 atom stereocenters. The van der Waals surface area contributed by atoms with Gasteiger partial charge in [-0.3, -0.25) is 10.1 Å². The monoisotopic (exact) mass is 376 g/mol. The Kier molecular flexibility index (Phi) is 3.90. The third-order valence-electron chi connectivity index (χ3n) is 4.50. The van der Waals surface area contributed by atoms with Gasteiger partial charge in [-0.05, 0) is 24.5 Å². The van der Waals surface area contributed by atoms with Crippen molar-refractivity contribution in [2.24, 2.45) is 0 Å². The van der Waals surface area contributed by atoms with Gasteiger partial charge < -0.3 is 0 Å². The molecule has 1 aromatic carbocycles. The van der Waals surface area contributed by atoms with Gasteiger partial charge in [-0.15, -0.1) is 10.2 Å². The molecule has 27 heavy (non-hydrogen) atoms. The smallest absolute Gasteiger partial charge is 0.259 e. The van der Waals surface area contributed by atoms with E-state index in [-0.39, 0.29) is 5.91 Å². The van der Waals surface area contributed by atoms with Gasteiger partial charge in [-0.1, -0.05) is 41.7 Å². The highest BCUT2D eigenvalue weighted by molar-refractivity contribution is 7.15. The molecule has 1 fully saturated rings. The molecule has 0 bridgehead atoms. The number of nitrogens with one attached hydrogen (secondary N) is 1. The minimum atomic E-state index is -0.237. The van der Waals surface area contributed by atoms with E-state index in [0.717, 1.165) is 34.4 Å². The van der Waals surface area contributed by atoms with E-state index >= 15 is 0 Å². The molecular weight excluding hydrogens is 360 g/mol. The van der Waals surface area contributed by atoms with E-state index in [1.54, 1.807) is 18.5 Å². The Morgan fingerprint density at radius 3 is 2.85 bits per heavy atom. The van der Waals surface area contributed by atoms with Crippen LogP contribution in [0, 0.1) is 0 Å². The quantitative estimate of drug-likeness (QED) is 0.576. The van der Waals surface area contributed by atoms with Crippen LogP contribution in [-0.2, 0) is 6.54 Å². The maximum absolute atomic E-state index is 12.5. The van der Waals surface area contributed by atoms with Crippen molar-refractivity contribution in [2.75, 3.05) is 5.32 Å². The summed E-state index contributed by atoms with van der Waals surface area (Å²) in [6, 6.07) is 11.9. The fraction of sp³-hybridized carbons (Fsp3) is 0.211. The van der Waals surface area contributed by atoms with Gasteiger partial charge in [0.15, 0.2) is 5.65 Å². The maximum Gasteiger partial charge on any atom is 0.259 e. The molecule has 3 heterocycles. The molecule has 0 radical (unpaired) electrons. The molecular formula is C19H16N6OS. The number of amides is 1. The number of benzene rings is 1. The number of carbonyl (C=O) groups excluding carboxylic acids is 1. The normalized spacial score (nSPS) is 13.8. The summed E-state index contributed by atoms with van der Waals surface area (Å²) in [5.74, 6) is 0.292. The molecule has 7 nitrogen and oxygen atoms in total. The highest BCUT2D eigenvalue weighted by Gasteiger charge is 2.27. The SMILES string of the molecule is O=C(Nc1nnc(C2CC2)s1)c1cnc2c(cnn2Cc2ccccc2)c1. The standard InChI is InChI=1S/C19H16N6OS/c26-17(22-19-24-23-18(27-19)13-6-7-13)15-8-14-10-21-25(16(14)20-9-15)11-12-4-2-1-3-5-12/h1-5,8-10,13H,6-7,11H2,(H,22,24,26). The first-order valence-electron chi connectivity index (χ1n) is 8.76. The van der Waals surface area contributed by atoms with Gasteiger partial charge in [0.1, 0.15) is 5.01 Å². The highest BCUT2D eigenvalue weighted by atomic mass is 32.1. The van der Waals surface area contributed by atoms with E-state index in [2.05, 4.69) is 25.6 Å². The third kappa shape index (κ3) is 3.31. The number of fused-ring (bicyclic) bond motifs is 1. The molecule has 1 aliphatic carbocycles. The lowest BCUT2D eigenvalue weighted by molar-refractivity contribution is 0.102. The van der Waals surface area contributed by atoms with Crippen LogP contribution in [-0.4, -0.2) is 30.9 Å². The Morgan fingerprint density at radius 2 is 2.04 bits per heavy atom. The summed E-state index contributed by atoms with van der Waals surface area (Å²) in [6.45, 7) is 0.637. The zero-order valence-corrected chi connectivity index (χ0v) is 15.2. The first-order valence-corrected chi connectivity index (χ1v) is 9.58. The summed E-state index contributed by atoms with van der Waals surface area (Å²) in [5.41, 5.74) is 2.38. The van der Waals surface area contributed by atoms with E-state index in [1.165, 1.54) is 11.3 Å². The number of aromatic nitrogens is 5. The zero-order chi connectivity index (χ0) is 18.2. The molecule has 0 aliphatic heterocycles. The van der Waals surface area contributed by atoms with Crippen molar-refractivity contribution in [3.63, 3.8) is 0 Å². The van der Waals surface area contributed by atoms with Crippen LogP contribution in [0.15, 0.2) is 48.8 Å². The van der Waals surface area contributed by atoms with E-state index in [4.69, 9.17) is 0 Å². The minimum Gasteiger partial charge on any atom is -0.296 e. The van der Waals surface area contributed by atoms with Gasteiger partial charge >= 0.3 is 0 Å². The summed E-state index contributed by atoms with van der Waals surface area (Å²) in [5, 5.41) is 17.8. The maximum atomic E-state index is 12.5. The summed E-state index contributed by atoms with van der Waals surface area (Å²) in [4.78, 5) is 17.0. The number of rotatable bonds is 5. The molecule has 134 valence electrons. The minimum absolute atomic E-state index is 0.237. The molecule has 0 spiro atoms. The molecule has 3 aromatic heterocycles. The highest BCUT2D eigenvalue weighted by Crippen LogP contribution is 2.42. The topological polar surface area (TPSA) is 85.6 Å². The van der Waals surface area contributed by atoms with E-state index in [0.29, 0.717) is 23.2 Å². The van der Waals surface area contributed by atoms with Crippen LogP contribution in [0.2, 0.25) is 0 Å². The second-order valence-corrected chi connectivity index (χ2v) is 7.61.